The van der Waals surface area contributed by atoms with Crippen molar-refractivity contribution in [3.63, 3.8) is 0 Å². The third kappa shape index (κ3) is 2.92. The van der Waals surface area contributed by atoms with E-state index in [1.54, 1.807) is 28.8 Å². The summed E-state index contributed by atoms with van der Waals surface area (Å²) in [5.41, 5.74) is 1.40. The van der Waals surface area contributed by atoms with Gasteiger partial charge in [0.25, 0.3) is 5.91 Å². The molecule has 1 saturated heterocycles. The lowest BCUT2D eigenvalue weighted by molar-refractivity contribution is -0.0432. The maximum Gasteiger partial charge on any atom is 0.256 e. The van der Waals surface area contributed by atoms with E-state index in [2.05, 4.69) is 20.3 Å². The number of carbonyl (C=O) groups is 1. The summed E-state index contributed by atoms with van der Waals surface area (Å²) in [6, 6.07) is 8.79. The van der Waals surface area contributed by atoms with Crippen LogP contribution in [0.15, 0.2) is 43.0 Å². The van der Waals surface area contributed by atoms with Crippen molar-refractivity contribution in [1.29, 1.82) is 0 Å². The summed E-state index contributed by atoms with van der Waals surface area (Å²) in [6.45, 7) is -0.266. The average Bonchev–Trinajstić information content (AvgIpc) is 3.26. The van der Waals surface area contributed by atoms with E-state index >= 15 is 0 Å². The van der Waals surface area contributed by atoms with Gasteiger partial charge in [-0.25, -0.2) is 15.0 Å². The number of fused-ring (bicyclic) bond motifs is 1. The molecule has 134 valence electrons. The average molecular weight is 355 g/mol. The first-order valence-electron chi connectivity index (χ1n) is 8.15. The number of aliphatic hydroxyl groups is 2. The number of nitrogens with one attached hydrogen (secondary N) is 1. The summed E-state index contributed by atoms with van der Waals surface area (Å²) in [4.78, 5) is 25.0. The van der Waals surface area contributed by atoms with Crippen molar-refractivity contribution in [2.45, 2.75) is 24.9 Å². The van der Waals surface area contributed by atoms with Gasteiger partial charge < -0.3 is 20.3 Å². The van der Waals surface area contributed by atoms with Crippen molar-refractivity contribution >= 4 is 22.9 Å². The fraction of sp³-hybridized carbons (Fsp3) is 0.294. The van der Waals surface area contributed by atoms with Gasteiger partial charge in [0.2, 0.25) is 0 Å². The van der Waals surface area contributed by atoms with E-state index in [9.17, 15) is 15.0 Å². The Kier molecular flexibility index (Phi) is 4.33. The molecule has 1 aliphatic heterocycles. The number of carbonyl (C=O) groups excluding carboxylic acids is 1. The highest BCUT2D eigenvalue weighted by molar-refractivity contribution is 6.06. The van der Waals surface area contributed by atoms with Crippen LogP contribution in [0.3, 0.4) is 0 Å². The van der Waals surface area contributed by atoms with Crippen molar-refractivity contribution in [2.75, 3.05) is 11.9 Å². The fourth-order valence-corrected chi connectivity index (χ4v) is 2.97. The zero-order valence-electron chi connectivity index (χ0n) is 13.7. The molecule has 1 fully saturated rings. The zero-order chi connectivity index (χ0) is 18.1. The molecule has 26 heavy (non-hydrogen) atoms. The summed E-state index contributed by atoms with van der Waals surface area (Å²) in [5.74, 6) is -0.00658. The number of hydrogen-bond donors (Lipinski definition) is 3. The predicted molar refractivity (Wildman–Crippen MR) is 91.3 cm³/mol. The highest BCUT2D eigenvalue weighted by Gasteiger charge is 2.35. The highest BCUT2D eigenvalue weighted by atomic mass is 16.5. The van der Waals surface area contributed by atoms with Gasteiger partial charge in [-0.05, 0) is 12.1 Å². The van der Waals surface area contributed by atoms with Gasteiger partial charge >= 0.3 is 0 Å². The Morgan fingerprint density at radius 2 is 2.08 bits per heavy atom. The quantitative estimate of drug-likeness (QED) is 0.630. The van der Waals surface area contributed by atoms with Crippen LogP contribution in [0.2, 0.25) is 0 Å². The van der Waals surface area contributed by atoms with Crippen LogP contribution < -0.4 is 5.32 Å². The number of anilines is 1. The van der Waals surface area contributed by atoms with Crippen molar-refractivity contribution in [2.24, 2.45) is 0 Å². The molecule has 3 aromatic rings. The highest BCUT2D eigenvalue weighted by Crippen LogP contribution is 2.31. The molecular weight excluding hydrogens is 338 g/mol. The Balaban J connectivity index is 1.63. The molecule has 1 amide bonds. The van der Waals surface area contributed by atoms with Gasteiger partial charge in [-0.1, -0.05) is 18.2 Å². The number of amides is 1. The number of aliphatic hydroxyl groups excluding tert-OH is 2. The molecule has 0 saturated carbocycles. The maximum atomic E-state index is 12.4. The minimum absolute atomic E-state index is 0.266. The Hall–Kier alpha value is -2.88. The minimum Gasteiger partial charge on any atom is -0.394 e. The van der Waals surface area contributed by atoms with Crippen LogP contribution >= 0.6 is 0 Å². The van der Waals surface area contributed by atoms with Gasteiger partial charge in [0, 0.05) is 12.0 Å². The molecule has 0 spiro atoms. The van der Waals surface area contributed by atoms with E-state index in [0.717, 1.165) is 0 Å². The molecule has 0 radical (unpaired) electrons. The monoisotopic (exact) mass is 355 g/mol. The number of nitrogens with zero attached hydrogens (tertiary/aromatic N) is 4. The van der Waals surface area contributed by atoms with Crippen molar-refractivity contribution < 1.29 is 19.7 Å². The van der Waals surface area contributed by atoms with E-state index < -0.39 is 18.4 Å². The lowest BCUT2D eigenvalue weighted by Crippen LogP contribution is -2.24. The number of rotatable bonds is 4. The second-order valence-corrected chi connectivity index (χ2v) is 5.98. The molecule has 1 aromatic carbocycles. The summed E-state index contributed by atoms with van der Waals surface area (Å²) in [5, 5.41) is 21.9. The van der Waals surface area contributed by atoms with Crippen LogP contribution in [0.1, 0.15) is 23.0 Å². The largest absolute Gasteiger partial charge is 0.394 e. The van der Waals surface area contributed by atoms with Crippen LogP contribution in [0.5, 0.6) is 0 Å². The fourth-order valence-electron chi connectivity index (χ4n) is 2.97. The summed E-state index contributed by atoms with van der Waals surface area (Å²) in [7, 11) is 0. The predicted octanol–water partition coefficient (Wildman–Crippen LogP) is 0.719. The molecule has 3 heterocycles. The minimum atomic E-state index is -0.762. The van der Waals surface area contributed by atoms with Gasteiger partial charge in [0.1, 0.15) is 18.7 Å². The molecule has 2 aromatic heterocycles. The van der Waals surface area contributed by atoms with E-state index in [0.29, 0.717) is 29.0 Å². The van der Waals surface area contributed by atoms with E-state index in [4.69, 9.17) is 4.74 Å². The maximum absolute atomic E-state index is 12.4. The second-order valence-electron chi connectivity index (χ2n) is 5.98. The van der Waals surface area contributed by atoms with Crippen LogP contribution in [0, 0.1) is 0 Å². The van der Waals surface area contributed by atoms with Gasteiger partial charge in [-0.15, -0.1) is 0 Å². The molecule has 3 atom stereocenters. The van der Waals surface area contributed by atoms with Gasteiger partial charge in [0.05, 0.1) is 19.0 Å². The SMILES string of the molecule is O=C(Nc1ncnc2c1ncn2C1CC(O)[C@@H](CO)O1)c1ccccc1. The Morgan fingerprint density at radius 3 is 2.81 bits per heavy atom. The Morgan fingerprint density at radius 1 is 1.27 bits per heavy atom. The van der Waals surface area contributed by atoms with Crippen LogP contribution in [-0.2, 0) is 4.74 Å². The normalized spacial score (nSPS) is 22.6. The van der Waals surface area contributed by atoms with Gasteiger partial charge in [-0.2, -0.15) is 0 Å². The van der Waals surface area contributed by atoms with Gasteiger partial charge in [0.15, 0.2) is 17.0 Å². The lowest BCUT2D eigenvalue weighted by atomic mass is 10.2. The lowest BCUT2D eigenvalue weighted by Gasteiger charge is -2.13. The summed E-state index contributed by atoms with van der Waals surface area (Å²) in [6.07, 6.45) is 1.26. The topological polar surface area (TPSA) is 122 Å². The number of hydrogen-bond acceptors (Lipinski definition) is 7. The third-order valence-electron chi connectivity index (χ3n) is 4.32. The van der Waals surface area contributed by atoms with Crippen LogP contribution in [0.25, 0.3) is 11.2 Å². The van der Waals surface area contributed by atoms with E-state index in [-0.39, 0.29) is 12.5 Å². The zero-order valence-corrected chi connectivity index (χ0v) is 13.7. The number of benzene rings is 1. The Bertz CT molecular complexity index is 929. The van der Waals surface area contributed by atoms with Crippen LogP contribution in [-0.4, -0.2) is 54.5 Å². The summed E-state index contributed by atoms with van der Waals surface area (Å²) < 4.78 is 7.30. The Labute approximate surface area is 148 Å². The van der Waals surface area contributed by atoms with Crippen LogP contribution in [0.4, 0.5) is 5.82 Å². The molecule has 2 unspecified atom stereocenters. The molecule has 9 nitrogen and oxygen atoms in total. The number of aromatic nitrogens is 4. The smallest absolute Gasteiger partial charge is 0.256 e. The number of ether oxygens (including phenoxy) is 1. The van der Waals surface area contributed by atoms with E-state index in [1.807, 2.05) is 6.07 Å². The molecule has 1 aliphatic rings. The first-order chi connectivity index (χ1) is 12.7. The second kappa shape index (κ2) is 6.79. The molecule has 9 heteroatoms. The summed E-state index contributed by atoms with van der Waals surface area (Å²) >= 11 is 0. The number of imidazole rings is 1. The standard InChI is InChI=1S/C17H17N5O4/c23-7-12-11(24)6-13(26-12)22-9-20-14-15(18-8-19-16(14)22)21-17(25)10-4-2-1-3-5-10/h1-5,8-9,11-13,23-24H,6-7H2,(H,18,19,21,25)/t11?,12-,13?/m1/s1. The van der Waals surface area contributed by atoms with Crippen molar-refractivity contribution in [3.05, 3.63) is 48.5 Å². The van der Waals surface area contributed by atoms with Crippen molar-refractivity contribution in [3.8, 4) is 0 Å². The molecular formula is C17H17N5O4. The third-order valence-corrected chi connectivity index (χ3v) is 4.32. The molecule has 3 N–H and O–H groups in total. The van der Waals surface area contributed by atoms with Gasteiger partial charge in [-0.3, -0.25) is 9.36 Å². The van der Waals surface area contributed by atoms with Crippen molar-refractivity contribution in [1.82, 2.24) is 19.5 Å². The molecule has 4 rings (SSSR count). The molecule has 0 bridgehead atoms. The first kappa shape index (κ1) is 16.6. The molecule has 0 aliphatic carbocycles. The first-order valence-corrected chi connectivity index (χ1v) is 8.15. The van der Waals surface area contributed by atoms with E-state index in [1.165, 1.54) is 12.7 Å².